The van der Waals surface area contributed by atoms with Gasteiger partial charge in [-0.15, -0.1) is 34.2 Å². The lowest BCUT2D eigenvalue weighted by Gasteiger charge is -2.13. The predicted octanol–water partition coefficient (Wildman–Crippen LogP) is 2.93. The zero-order valence-electron chi connectivity index (χ0n) is 16.5. The normalized spacial score (nSPS) is 12.7. The fraction of sp³-hybridized carbons (Fsp3) is 0.316. The van der Waals surface area contributed by atoms with Gasteiger partial charge in [0.2, 0.25) is 6.79 Å². The SMILES string of the molecule is CCNC(=NCc1cc2c(cc1OC(F)F)OCO2)NCc1nnc2ccccn12.I. The molecule has 0 radical (unpaired) electrons. The molecule has 0 bridgehead atoms. The maximum atomic E-state index is 12.8. The Bertz CT molecular complexity index is 1060. The Morgan fingerprint density at radius 2 is 2.03 bits per heavy atom. The molecule has 0 atom stereocenters. The van der Waals surface area contributed by atoms with Crippen LogP contribution in [0.15, 0.2) is 41.5 Å². The molecule has 2 aromatic heterocycles. The maximum absolute atomic E-state index is 12.8. The van der Waals surface area contributed by atoms with Gasteiger partial charge in [0.05, 0.1) is 13.1 Å². The third-order valence-electron chi connectivity index (χ3n) is 4.32. The summed E-state index contributed by atoms with van der Waals surface area (Å²) in [4.78, 5) is 4.47. The highest BCUT2D eigenvalue weighted by atomic mass is 127. The summed E-state index contributed by atoms with van der Waals surface area (Å²) in [5.74, 6) is 2.03. The second-order valence-corrected chi connectivity index (χ2v) is 6.29. The predicted molar refractivity (Wildman–Crippen MR) is 119 cm³/mol. The molecule has 0 amide bonds. The van der Waals surface area contributed by atoms with Crippen LogP contribution in [-0.4, -0.2) is 40.5 Å². The molecule has 12 heteroatoms. The highest BCUT2D eigenvalue weighted by Crippen LogP contribution is 2.39. The van der Waals surface area contributed by atoms with Crippen molar-refractivity contribution in [3.05, 3.63) is 47.9 Å². The summed E-state index contributed by atoms with van der Waals surface area (Å²) in [6, 6.07) is 8.63. The Labute approximate surface area is 193 Å². The van der Waals surface area contributed by atoms with Crippen molar-refractivity contribution in [1.82, 2.24) is 25.2 Å². The number of hydrogen-bond donors (Lipinski definition) is 2. The summed E-state index contributed by atoms with van der Waals surface area (Å²) in [5, 5.41) is 14.6. The fourth-order valence-electron chi connectivity index (χ4n) is 2.97. The van der Waals surface area contributed by atoms with Gasteiger partial charge in [-0.2, -0.15) is 8.78 Å². The lowest BCUT2D eigenvalue weighted by atomic mass is 10.1. The molecule has 9 nitrogen and oxygen atoms in total. The number of fused-ring (bicyclic) bond motifs is 2. The van der Waals surface area contributed by atoms with Crippen LogP contribution in [0.5, 0.6) is 17.2 Å². The minimum atomic E-state index is -2.96. The number of guanidine groups is 1. The quantitative estimate of drug-likeness (QED) is 0.268. The number of aliphatic imine (C=N–C) groups is 1. The summed E-state index contributed by atoms with van der Waals surface area (Å²) in [6.45, 7) is 0.0873. The van der Waals surface area contributed by atoms with Crippen LogP contribution in [0.2, 0.25) is 0 Å². The average molecular weight is 546 g/mol. The van der Waals surface area contributed by atoms with E-state index in [0.29, 0.717) is 41.9 Å². The van der Waals surface area contributed by atoms with E-state index in [4.69, 9.17) is 9.47 Å². The number of benzene rings is 1. The number of pyridine rings is 1. The van der Waals surface area contributed by atoms with Gasteiger partial charge in [-0.3, -0.25) is 4.40 Å². The molecule has 2 N–H and O–H groups in total. The summed E-state index contributed by atoms with van der Waals surface area (Å²) in [7, 11) is 0. The number of ether oxygens (including phenoxy) is 3. The third kappa shape index (κ3) is 5.42. The van der Waals surface area contributed by atoms with E-state index in [0.717, 1.165) is 5.65 Å². The van der Waals surface area contributed by atoms with Gasteiger partial charge in [-0.1, -0.05) is 6.07 Å². The number of rotatable bonds is 7. The summed E-state index contributed by atoms with van der Waals surface area (Å²) < 4.78 is 42.7. The van der Waals surface area contributed by atoms with Crippen molar-refractivity contribution in [2.45, 2.75) is 26.6 Å². The Morgan fingerprint density at radius 1 is 1.23 bits per heavy atom. The maximum Gasteiger partial charge on any atom is 0.387 e. The first-order valence-corrected chi connectivity index (χ1v) is 9.32. The Balaban J connectivity index is 0.00000272. The molecule has 3 heterocycles. The highest BCUT2D eigenvalue weighted by Gasteiger charge is 2.20. The van der Waals surface area contributed by atoms with Crippen LogP contribution in [0.3, 0.4) is 0 Å². The first-order chi connectivity index (χ1) is 14.6. The standard InChI is InChI=1S/C19H20F2N6O3.HI/c1-2-22-19(24-10-17-26-25-16-5-3-4-6-27(16)17)23-9-12-7-14-15(29-11-28-14)8-13(12)30-18(20)21;/h3-8,18H,2,9-11H2,1H3,(H2,22,23,24);1H. The molecule has 0 unspecified atom stereocenters. The molecule has 0 saturated heterocycles. The number of nitrogens with one attached hydrogen (secondary N) is 2. The van der Waals surface area contributed by atoms with Crippen molar-refractivity contribution in [2.75, 3.05) is 13.3 Å². The highest BCUT2D eigenvalue weighted by molar-refractivity contribution is 14.0. The Kier molecular flexibility index (Phi) is 7.65. The van der Waals surface area contributed by atoms with E-state index in [2.05, 4.69) is 30.6 Å². The monoisotopic (exact) mass is 546 g/mol. The molecule has 0 fully saturated rings. The number of aromatic nitrogens is 3. The summed E-state index contributed by atoms with van der Waals surface area (Å²) >= 11 is 0. The summed E-state index contributed by atoms with van der Waals surface area (Å²) in [6.07, 6.45) is 1.87. The van der Waals surface area contributed by atoms with Crippen LogP contribution in [0.25, 0.3) is 5.65 Å². The second kappa shape index (κ2) is 10.4. The number of nitrogens with zero attached hydrogens (tertiary/aromatic N) is 4. The number of hydrogen-bond acceptors (Lipinski definition) is 6. The van der Waals surface area contributed by atoms with E-state index in [-0.39, 0.29) is 43.1 Å². The van der Waals surface area contributed by atoms with Crippen LogP contribution in [-0.2, 0) is 13.1 Å². The van der Waals surface area contributed by atoms with Gasteiger partial charge in [0.15, 0.2) is 28.9 Å². The molecular formula is C19H21F2IN6O3. The largest absolute Gasteiger partial charge is 0.454 e. The van der Waals surface area contributed by atoms with Gasteiger partial charge >= 0.3 is 6.61 Å². The summed E-state index contributed by atoms with van der Waals surface area (Å²) in [5.41, 5.74) is 1.19. The van der Waals surface area contributed by atoms with E-state index in [1.165, 1.54) is 6.07 Å². The van der Waals surface area contributed by atoms with E-state index in [9.17, 15) is 8.78 Å². The molecule has 1 aromatic carbocycles. The van der Waals surface area contributed by atoms with Gasteiger partial charge in [-0.25, -0.2) is 4.99 Å². The van der Waals surface area contributed by atoms with Crippen LogP contribution >= 0.6 is 24.0 Å². The first kappa shape index (κ1) is 22.8. The van der Waals surface area contributed by atoms with Gasteiger partial charge in [0, 0.05) is 24.4 Å². The topological polar surface area (TPSA) is 94.3 Å². The molecule has 31 heavy (non-hydrogen) atoms. The van der Waals surface area contributed by atoms with Crippen LogP contribution in [0.4, 0.5) is 8.78 Å². The van der Waals surface area contributed by atoms with Crippen LogP contribution < -0.4 is 24.8 Å². The number of halogens is 3. The Morgan fingerprint density at radius 3 is 2.81 bits per heavy atom. The third-order valence-corrected chi connectivity index (χ3v) is 4.32. The zero-order valence-corrected chi connectivity index (χ0v) is 18.9. The van der Waals surface area contributed by atoms with Crippen molar-refractivity contribution in [2.24, 2.45) is 4.99 Å². The van der Waals surface area contributed by atoms with E-state index >= 15 is 0 Å². The van der Waals surface area contributed by atoms with E-state index < -0.39 is 6.61 Å². The van der Waals surface area contributed by atoms with Gasteiger partial charge in [-0.05, 0) is 25.1 Å². The minimum Gasteiger partial charge on any atom is -0.454 e. The number of alkyl halides is 2. The van der Waals surface area contributed by atoms with Crippen molar-refractivity contribution < 1.29 is 23.0 Å². The minimum absolute atomic E-state index is 0. The first-order valence-electron chi connectivity index (χ1n) is 9.32. The van der Waals surface area contributed by atoms with E-state index in [1.54, 1.807) is 6.07 Å². The van der Waals surface area contributed by atoms with Crippen molar-refractivity contribution >= 4 is 35.6 Å². The van der Waals surface area contributed by atoms with Crippen molar-refractivity contribution in [1.29, 1.82) is 0 Å². The lowest BCUT2D eigenvalue weighted by molar-refractivity contribution is -0.0505. The molecule has 4 rings (SSSR count). The molecule has 3 aromatic rings. The van der Waals surface area contributed by atoms with Gasteiger partial charge < -0.3 is 24.8 Å². The lowest BCUT2D eigenvalue weighted by Crippen LogP contribution is -2.37. The average Bonchev–Trinajstić information content (AvgIpc) is 3.36. The van der Waals surface area contributed by atoms with Crippen LogP contribution in [0.1, 0.15) is 18.3 Å². The molecule has 0 aliphatic carbocycles. The Hall–Kier alpha value is -2.90. The van der Waals surface area contributed by atoms with E-state index in [1.807, 2.05) is 35.7 Å². The smallest absolute Gasteiger partial charge is 0.387 e. The van der Waals surface area contributed by atoms with Crippen molar-refractivity contribution in [3.8, 4) is 17.2 Å². The van der Waals surface area contributed by atoms with Gasteiger partial charge in [0.25, 0.3) is 0 Å². The van der Waals surface area contributed by atoms with Gasteiger partial charge in [0.1, 0.15) is 5.75 Å². The molecule has 166 valence electrons. The molecule has 1 aliphatic heterocycles. The molecular weight excluding hydrogens is 525 g/mol. The molecule has 1 aliphatic rings. The molecule has 0 spiro atoms. The van der Waals surface area contributed by atoms with Crippen LogP contribution in [0, 0.1) is 0 Å². The molecule has 0 saturated carbocycles. The zero-order chi connectivity index (χ0) is 20.9. The van der Waals surface area contributed by atoms with Crippen molar-refractivity contribution in [3.63, 3.8) is 0 Å². The second-order valence-electron chi connectivity index (χ2n) is 6.29. The fourth-order valence-corrected chi connectivity index (χ4v) is 2.97.